The summed E-state index contributed by atoms with van der Waals surface area (Å²) < 4.78 is 25.1. The third kappa shape index (κ3) is 5.18. The van der Waals surface area contributed by atoms with Crippen LogP contribution in [-0.2, 0) is 9.53 Å². The summed E-state index contributed by atoms with van der Waals surface area (Å²) in [5, 5.41) is 1.51. The molecule has 0 unspecified atom stereocenters. The lowest BCUT2D eigenvalue weighted by atomic mass is 9.99. The molecular weight excluding hydrogens is 387 g/mol. The molecule has 0 aliphatic heterocycles. The number of thioether (sulfide) groups is 1. The van der Waals surface area contributed by atoms with Crippen LogP contribution in [0.3, 0.4) is 0 Å². The third-order valence-corrected chi connectivity index (χ3v) is 5.28. The van der Waals surface area contributed by atoms with Crippen LogP contribution < -0.4 is 4.74 Å². The molecule has 3 rings (SSSR count). The van der Waals surface area contributed by atoms with Crippen LogP contribution >= 0.6 is 11.8 Å². The van der Waals surface area contributed by atoms with E-state index in [0.717, 1.165) is 22.3 Å². The second-order valence-electron chi connectivity index (χ2n) is 6.38. The molecule has 0 fully saturated rings. The van der Waals surface area contributed by atoms with Gasteiger partial charge >= 0.3 is 5.97 Å². The molecular formula is C24H23FO3S. The van der Waals surface area contributed by atoms with E-state index in [1.165, 1.54) is 23.1 Å². The molecule has 3 aromatic rings. The van der Waals surface area contributed by atoms with E-state index in [1.807, 2.05) is 37.3 Å². The number of hydrogen-bond acceptors (Lipinski definition) is 4. The monoisotopic (exact) mass is 410 g/mol. The van der Waals surface area contributed by atoms with E-state index in [0.29, 0.717) is 23.5 Å². The van der Waals surface area contributed by atoms with Crippen LogP contribution in [0.25, 0.3) is 16.8 Å². The molecule has 150 valence electrons. The first-order valence-electron chi connectivity index (χ1n) is 9.50. The highest BCUT2D eigenvalue weighted by atomic mass is 32.2. The van der Waals surface area contributed by atoms with Gasteiger partial charge in [-0.25, -0.2) is 9.18 Å². The minimum Gasteiger partial charge on any atom is -0.463 e. The summed E-state index contributed by atoms with van der Waals surface area (Å²) in [6, 6.07) is 14.3. The first kappa shape index (κ1) is 20.9. The molecule has 0 radical (unpaired) electrons. The standard InChI is InChI=1S/C24H23FO3S/c1-4-27-23(26)13-7-17-14-18-6-8-19(25)15-22(18)24(16(17)3)28-20-9-11-21(12-10-20)29-5-2/h6-15H,4-5H2,1-3H3/b13-7+. The summed E-state index contributed by atoms with van der Waals surface area (Å²) in [5.74, 6) is 1.51. The van der Waals surface area contributed by atoms with Gasteiger partial charge in [-0.3, -0.25) is 0 Å². The van der Waals surface area contributed by atoms with Crippen molar-refractivity contribution in [1.82, 2.24) is 0 Å². The summed E-state index contributed by atoms with van der Waals surface area (Å²) in [6.45, 7) is 6.08. The second-order valence-corrected chi connectivity index (χ2v) is 7.71. The number of carbonyl (C=O) groups excluding carboxylic acids is 1. The van der Waals surface area contributed by atoms with Gasteiger partial charge in [0.1, 0.15) is 17.3 Å². The van der Waals surface area contributed by atoms with Crippen LogP contribution in [0.4, 0.5) is 4.39 Å². The lowest BCUT2D eigenvalue weighted by Crippen LogP contribution is -1.99. The topological polar surface area (TPSA) is 35.5 Å². The fourth-order valence-corrected chi connectivity index (χ4v) is 3.66. The maximum atomic E-state index is 13.9. The Morgan fingerprint density at radius 3 is 2.55 bits per heavy atom. The zero-order valence-corrected chi connectivity index (χ0v) is 17.5. The number of benzene rings is 3. The van der Waals surface area contributed by atoms with E-state index in [-0.39, 0.29) is 5.82 Å². The van der Waals surface area contributed by atoms with Crippen LogP contribution in [-0.4, -0.2) is 18.3 Å². The minimum absolute atomic E-state index is 0.319. The van der Waals surface area contributed by atoms with Crippen LogP contribution in [0.1, 0.15) is 25.0 Å². The number of rotatable bonds is 7. The van der Waals surface area contributed by atoms with Crippen molar-refractivity contribution in [3.8, 4) is 11.5 Å². The maximum Gasteiger partial charge on any atom is 0.330 e. The van der Waals surface area contributed by atoms with E-state index >= 15 is 0 Å². The molecule has 0 saturated heterocycles. The summed E-state index contributed by atoms with van der Waals surface area (Å²) in [7, 11) is 0. The zero-order chi connectivity index (χ0) is 20.8. The molecule has 3 nitrogen and oxygen atoms in total. The Labute approximate surface area is 174 Å². The number of carbonyl (C=O) groups is 1. The molecule has 0 aromatic heterocycles. The first-order valence-corrected chi connectivity index (χ1v) is 10.5. The highest BCUT2D eigenvalue weighted by molar-refractivity contribution is 7.99. The fourth-order valence-electron chi connectivity index (χ4n) is 3.00. The van der Waals surface area contributed by atoms with Gasteiger partial charge in [0.05, 0.1) is 6.61 Å². The average molecular weight is 411 g/mol. The van der Waals surface area contributed by atoms with Crippen molar-refractivity contribution in [3.05, 3.63) is 71.6 Å². The first-order chi connectivity index (χ1) is 14.0. The molecule has 29 heavy (non-hydrogen) atoms. The predicted molar refractivity (Wildman–Crippen MR) is 117 cm³/mol. The molecule has 0 heterocycles. The van der Waals surface area contributed by atoms with Crippen molar-refractivity contribution in [1.29, 1.82) is 0 Å². The molecule has 5 heteroatoms. The van der Waals surface area contributed by atoms with Gasteiger partial charge in [0.2, 0.25) is 0 Å². The van der Waals surface area contributed by atoms with Gasteiger partial charge in [-0.1, -0.05) is 13.0 Å². The molecule has 0 N–H and O–H groups in total. The van der Waals surface area contributed by atoms with Gasteiger partial charge in [-0.05, 0) is 84.7 Å². The summed E-state index contributed by atoms with van der Waals surface area (Å²) in [5.41, 5.74) is 1.63. The fraction of sp³-hybridized carbons (Fsp3) is 0.208. The molecule has 0 aliphatic rings. The maximum absolute atomic E-state index is 13.9. The van der Waals surface area contributed by atoms with E-state index < -0.39 is 5.97 Å². The van der Waals surface area contributed by atoms with Gasteiger partial charge in [0, 0.05) is 16.4 Å². The SMILES string of the molecule is CCOC(=O)/C=C/c1cc2ccc(F)cc2c(Oc2ccc(SCC)cc2)c1C. The Morgan fingerprint density at radius 1 is 1.10 bits per heavy atom. The number of ether oxygens (including phenoxy) is 2. The summed E-state index contributed by atoms with van der Waals surface area (Å²) >= 11 is 1.76. The highest BCUT2D eigenvalue weighted by Gasteiger charge is 2.13. The zero-order valence-electron chi connectivity index (χ0n) is 16.7. The number of fused-ring (bicyclic) bond motifs is 1. The van der Waals surface area contributed by atoms with E-state index in [4.69, 9.17) is 9.47 Å². The van der Waals surface area contributed by atoms with Crippen molar-refractivity contribution in [2.24, 2.45) is 0 Å². The number of halogens is 1. The lowest BCUT2D eigenvalue weighted by Gasteiger charge is -2.15. The van der Waals surface area contributed by atoms with Crippen LogP contribution in [0.15, 0.2) is 59.5 Å². The number of hydrogen-bond donors (Lipinski definition) is 0. The summed E-state index contributed by atoms with van der Waals surface area (Å²) in [6.07, 6.45) is 3.09. The largest absolute Gasteiger partial charge is 0.463 e. The van der Waals surface area contributed by atoms with Crippen molar-refractivity contribution >= 4 is 34.6 Å². The van der Waals surface area contributed by atoms with Crippen molar-refractivity contribution in [3.63, 3.8) is 0 Å². The molecule has 0 bridgehead atoms. The van der Waals surface area contributed by atoms with Gasteiger partial charge in [-0.15, -0.1) is 11.8 Å². The average Bonchev–Trinajstić information content (AvgIpc) is 2.71. The number of esters is 1. The molecule has 0 aliphatic carbocycles. The molecule has 3 aromatic carbocycles. The normalized spacial score (nSPS) is 11.2. The Kier molecular flexibility index (Phi) is 6.94. The molecule has 0 saturated carbocycles. The smallest absolute Gasteiger partial charge is 0.330 e. The van der Waals surface area contributed by atoms with Crippen molar-refractivity contribution in [2.75, 3.05) is 12.4 Å². The van der Waals surface area contributed by atoms with Gasteiger partial charge in [-0.2, -0.15) is 0 Å². The van der Waals surface area contributed by atoms with Crippen LogP contribution in [0, 0.1) is 12.7 Å². The van der Waals surface area contributed by atoms with Crippen LogP contribution in [0.5, 0.6) is 11.5 Å². The molecule has 0 spiro atoms. The lowest BCUT2D eigenvalue weighted by molar-refractivity contribution is -0.137. The Hall–Kier alpha value is -2.79. The second kappa shape index (κ2) is 9.61. The quantitative estimate of drug-likeness (QED) is 0.245. The van der Waals surface area contributed by atoms with Gasteiger partial charge in [0.15, 0.2) is 0 Å². The van der Waals surface area contributed by atoms with E-state index in [1.54, 1.807) is 30.8 Å². The van der Waals surface area contributed by atoms with E-state index in [9.17, 15) is 9.18 Å². The predicted octanol–water partition coefficient (Wildman–Crippen LogP) is 6.77. The Morgan fingerprint density at radius 2 is 1.86 bits per heavy atom. The molecule has 0 atom stereocenters. The Balaban J connectivity index is 2.04. The highest BCUT2D eigenvalue weighted by Crippen LogP contribution is 2.37. The van der Waals surface area contributed by atoms with Gasteiger partial charge < -0.3 is 9.47 Å². The van der Waals surface area contributed by atoms with Crippen molar-refractivity contribution in [2.45, 2.75) is 25.7 Å². The molecule has 0 amide bonds. The Bertz CT molecular complexity index is 1040. The third-order valence-electron chi connectivity index (χ3n) is 4.38. The van der Waals surface area contributed by atoms with Gasteiger partial charge in [0.25, 0.3) is 0 Å². The van der Waals surface area contributed by atoms with Crippen LogP contribution in [0.2, 0.25) is 0 Å². The van der Waals surface area contributed by atoms with E-state index in [2.05, 4.69) is 6.92 Å². The minimum atomic E-state index is -0.405. The van der Waals surface area contributed by atoms with Crippen molar-refractivity contribution < 1.29 is 18.7 Å². The summed E-state index contributed by atoms with van der Waals surface area (Å²) in [4.78, 5) is 12.9.